The third-order valence-electron chi connectivity index (χ3n) is 2.49. The number of amides is 1. The van der Waals surface area contributed by atoms with E-state index in [0.29, 0.717) is 10.2 Å². The van der Waals surface area contributed by atoms with E-state index in [9.17, 15) is 18.0 Å². The average molecular weight is 360 g/mol. The maximum atomic E-state index is 12.4. The summed E-state index contributed by atoms with van der Waals surface area (Å²) in [6.07, 6.45) is -3.57. The fourth-order valence-electron chi connectivity index (χ4n) is 1.58. The van der Waals surface area contributed by atoms with Crippen molar-refractivity contribution in [1.29, 1.82) is 0 Å². The second-order valence-electron chi connectivity index (χ2n) is 4.16. The molecule has 2 rings (SSSR count). The molecule has 0 atom stereocenters. The summed E-state index contributed by atoms with van der Waals surface area (Å²) in [5.41, 5.74) is 5.42. The highest BCUT2D eigenvalue weighted by Crippen LogP contribution is 2.28. The van der Waals surface area contributed by atoms with Gasteiger partial charge in [-0.15, -0.1) is 0 Å². The molecular weight excluding hydrogens is 351 g/mol. The number of nitrogen functional groups attached to an aromatic ring is 1. The van der Waals surface area contributed by atoms with Gasteiger partial charge in [-0.1, -0.05) is 15.9 Å². The minimum atomic E-state index is -4.51. The van der Waals surface area contributed by atoms with Gasteiger partial charge in [0.1, 0.15) is 5.69 Å². The Bertz CT molecular complexity index is 651. The number of aromatic nitrogens is 1. The monoisotopic (exact) mass is 359 g/mol. The van der Waals surface area contributed by atoms with E-state index in [1.165, 1.54) is 6.07 Å². The van der Waals surface area contributed by atoms with Crippen LogP contribution in [-0.2, 0) is 6.18 Å². The number of benzene rings is 1. The number of anilines is 2. The van der Waals surface area contributed by atoms with Crippen LogP contribution in [0.4, 0.5) is 24.5 Å². The number of rotatable bonds is 2. The van der Waals surface area contributed by atoms with Gasteiger partial charge in [0, 0.05) is 15.7 Å². The van der Waals surface area contributed by atoms with E-state index in [2.05, 4.69) is 26.2 Å². The first kappa shape index (κ1) is 15.3. The third-order valence-corrected chi connectivity index (χ3v) is 2.95. The number of pyridine rings is 1. The first-order chi connectivity index (χ1) is 9.75. The zero-order valence-corrected chi connectivity index (χ0v) is 12.0. The molecule has 3 N–H and O–H groups in total. The van der Waals surface area contributed by atoms with Gasteiger partial charge in [-0.3, -0.25) is 4.79 Å². The van der Waals surface area contributed by atoms with E-state index in [0.717, 1.165) is 18.3 Å². The largest absolute Gasteiger partial charge is 0.433 e. The molecule has 1 heterocycles. The third kappa shape index (κ3) is 3.94. The topological polar surface area (TPSA) is 68.0 Å². The molecule has 0 saturated heterocycles. The van der Waals surface area contributed by atoms with Crippen molar-refractivity contribution in [3.63, 3.8) is 0 Å². The number of carbonyl (C=O) groups is 1. The number of nitrogens with one attached hydrogen (secondary N) is 1. The molecule has 110 valence electrons. The van der Waals surface area contributed by atoms with Crippen LogP contribution in [0.5, 0.6) is 0 Å². The normalized spacial score (nSPS) is 11.2. The molecule has 0 aliphatic carbocycles. The highest BCUT2D eigenvalue weighted by Gasteiger charge is 2.32. The van der Waals surface area contributed by atoms with Gasteiger partial charge in [-0.2, -0.15) is 13.2 Å². The van der Waals surface area contributed by atoms with E-state index >= 15 is 0 Å². The number of halogens is 4. The minimum absolute atomic E-state index is 0.159. The Labute approximate surface area is 126 Å². The van der Waals surface area contributed by atoms with Gasteiger partial charge in [-0.25, -0.2) is 4.98 Å². The summed E-state index contributed by atoms with van der Waals surface area (Å²) in [4.78, 5) is 15.2. The molecule has 4 nitrogen and oxygen atoms in total. The van der Waals surface area contributed by atoms with E-state index in [1.807, 2.05) is 0 Å². The predicted octanol–water partition coefficient (Wildman–Crippen LogP) is 3.70. The fourth-order valence-corrected chi connectivity index (χ4v) is 2.09. The van der Waals surface area contributed by atoms with Crippen LogP contribution in [0.25, 0.3) is 0 Å². The second-order valence-corrected chi connectivity index (χ2v) is 5.07. The SMILES string of the molecule is Nc1cc(Br)cc(C(=O)Nc2ccc(C(F)(F)F)nc2)c1. The van der Waals surface area contributed by atoms with E-state index < -0.39 is 17.8 Å². The van der Waals surface area contributed by atoms with Crippen molar-refractivity contribution in [3.8, 4) is 0 Å². The lowest BCUT2D eigenvalue weighted by atomic mass is 10.2. The van der Waals surface area contributed by atoms with Gasteiger partial charge in [0.15, 0.2) is 0 Å². The Hall–Kier alpha value is -2.09. The number of hydrogen-bond acceptors (Lipinski definition) is 3. The van der Waals surface area contributed by atoms with Gasteiger partial charge in [0.25, 0.3) is 5.91 Å². The summed E-state index contributed by atoms with van der Waals surface area (Å²) >= 11 is 3.20. The Morgan fingerprint density at radius 2 is 1.95 bits per heavy atom. The lowest BCUT2D eigenvalue weighted by Gasteiger charge is -2.08. The molecule has 8 heteroatoms. The van der Waals surface area contributed by atoms with Crippen molar-refractivity contribution in [1.82, 2.24) is 4.98 Å². The van der Waals surface area contributed by atoms with Gasteiger partial charge in [0.2, 0.25) is 0 Å². The summed E-state index contributed by atoms with van der Waals surface area (Å²) in [5, 5.41) is 2.45. The van der Waals surface area contributed by atoms with Crippen LogP contribution in [-0.4, -0.2) is 10.9 Å². The van der Waals surface area contributed by atoms with E-state index in [-0.39, 0.29) is 11.3 Å². The molecule has 0 saturated carbocycles. The number of nitrogens with two attached hydrogens (primary N) is 1. The molecular formula is C13H9BrF3N3O. The maximum absolute atomic E-state index is 12.4. The molecule has 0 spiro atoms. The minimum Gasteiger partial charge on any atom is -0.399 e. The first-order valence-corrected chi connectivity index (χ1v) is 6.45. The van der Waals surface area contributed by atoms with Crippen LogP contribution in [0.15, 0.2) is 41.0 Å². The molecule has 2 aromatic rings. The van der Waals surface area contributed by atoms with Crippen LogP contribution >= 0.6 is 15.9 Å². The molecule has 1 aromatic carbocycles. The van der Waals surface area contributed by atoms with Crippen LogP contribution in [0.3, 0.4) is 0 Å². The Balaban J connectivity index is 2.16. The quantitative estimate of drug-likeness (QED) is 0.803. The molecule has 0 unspecified atom stereocenters. The van der Waals surface area contributed by atoms with E-state index in [4.69, 9.17) is 5.73 Å². The Morgan fingerprint density at radius 3 is 2.48 bits per heavy atom. The number of alkyl halides is 3. The molecule has 1 amide bonds. The van der Waals surface area contributed by atoms with Crippen molar-refractivity contribution < 1.29 is 18.0 Å². The average Bonchev–Trinajstić information content (AvgIpc) is 2.37. The number of carbonyl (C=O) groups excluding carboxylic acids is 1. The number of hydrogen-bond donors (Lipinski definition) is 2. The molecule has 0 aliphatic rings. The van der Waals surface area contributed by atoms with Gasteiger partial charge < -0.3 is 11.1 Å². The summed E-state index contributed by atoms with van der Waals surface area (Å²) in [5.74, 6) is -0.496. The molecule has 0 bridgehead atoms. The zero-order valence-electron chi connectivity index (χ0n) is 10.4. The van der Waals surface area contributed by atoms with Crippen LogP contribution in [0.1, 0.15) is 16.1 Å². The smallest absolute Gasteiger partial charge is 0.399 e. The molecule has 0 fully saturated rings. The second kappa shape index (κ2) is 5.72. The van der Waals surface area contributed by atoms with Gasteiger partial charge in [0.05, 0.1) is 11.9 Å². The van der Waals surface area contributed by atoms with Crippen LogP contribution in [0.2, 0.25) is 0 Å². The van der Waals surface area contributed by atoms with Crippen LogP contribution in [0, 0.1) is 0 Å². The van der Waals surface area contributed by atoms with Gasteiger partial charge in [-0.05, 0) is 30.3 Å². The summed E-state index contributed by atoms with van der Waals surface area (Å²) in [7, 11) is 0. The Morgan fingerprint density at radius 1 is 1.24 bits per heavy atom. The van der Waals surface area contributed by atoms with Crippen molar-refractivity contribution >= 4 is 33.2 Å². The highest BCUT2D eigenvalue weighted by atomic mass is 79.9. The van der Waals surface area contributed by atoms with Gasteiger partial charge >= 0.3 is 6.18 Å². The molecule has 0 aliphatic heterocycles. The highest BCUT2D eigenvalue weighted by molar-refractivity contribution is 9.10. The fraction of sp³-hybridized carbons (Fsp3) is 0.0769. The van der Waals surface area contributed by atoms with E-state index in [1.54, 1.807) is 12.1 Å². The van der Waals surface area contributed by atoms with Crippen molar-refractivity contribution in [3.05, 3.63) is 52.3 Å². The molecule has 0 radical (unpaired) electrons. The first-order valence-electron chi connectivity index (χ1n) is 5.66. The van der Waals surface area contributed by atoms with Crippen molar-refractivity contribution in [2.45, 2.75) is 6.18 Å². The lowest BCUT2D eigenvalue weighted by Crippen LogP contribution is -2.13. The predicted molar refractivity (Wildman–Crippen MR) is 75.7 cm³/mol. The standard InChI is InChI=1S/C13H9BrF3N3O/c14-8-3-7(4-9(18)5-8)12(21)20-10-1-2-11(19-6-10)13(15,16)17/h1-6H,18H2,(H,20,21). The number of nitrogens with zero attached hydrogens (tertiary/aromatic N) is 1. The summed E-state index contributed by atoms with van der Waals surface area (Å²) in [6, 6.07) is 6.55. The van der Waals surface area contributed by atoms with Crippen LogP contribution < -0.4 is 11.1 Å². The molecule has 1 aromatic heterocycles. The van der Waals surface area contributed by atoms with Crippen molar-refractivity contribution in [2.75, 3.05) is 11.1 Å². The molecule has 21 heavy (non-hydrogen) atoms. The summed E-state index contributed by atoms with van der Waals surface area (Å²) < 4.78 is 37.7. The lowest BCUT2D eigenvalue weighted by molar-refractivity contribution is -0.141. The zero-order chi connectivity index (χ0) is 15.6. The Kier molecular flexibility index (Phi) is 4.17. The maximum Gasteiger partial charge on any atom is 0.433 e. The summed E-state index contributed by atoms with van der Waals surface area (Å²) in [6.45, 7) is 0. The van der Waals surface area contributed by atoms with Crippen molar-refractivity contribution in [2.24, 2.45) is 0 Å².